The van der Waals surface area contributed by atoms with Gasteiger partial charge >= 0.3 is 12.1 Å². The topological polar surface area (TPSA) is 73.9 Å². The molecule has 3 aromatic rings. The minimum absolute atomic E-state index is 0.0459. The molecule has 1 N–H and O–H groups in total. The number of rotatable bonds is 8. The number of hydrogen-bond acceptors (Lipinski definition) is 5. The van der Waals surface area contributed by atoms with E-state index >= 15 is 0 Å². The smallest absolute Gasteiger partial charge is 0.407 e. The maximum Gasteiger partial charge on any atom is 0.407 e. The Kier molecular flexibility index (Phi) is 7.99. The standard InChI is InChI=1S/C30H31F2NO5/c1-30(2,3)38-28(34)26(14-13-18-15-24(31)27(36-4)25(32)16-18)33-29(35)37-17-23-21-11-7-5-9-19(21)20-10-6-8-12-22(20)23/h5-12,15-16,23,26H,13-14,17H2,1-4H3,(H,33,35). The van der Waals surface area contributed by atoms with Gasteiger partial charge in [0, 0.05) is 5.92 Å². The number of benzene rings is 3. The first-order valence-electron chi connectivity index (χ1n) is 12.4. The first kappa shape index (κ1) is 27.1. The van der Waals surface area contributed by atoms with Crippen molar-refractivity contribution in [3.63, 3.8) is 0 Å². The van der Waals surface area contributed by atoms with E-state index in [0.717, 1.165) is 34.4 Å². The van der Waals surface area contributed by atoms with Crippen LogP contribution < -0.4 is 10.1 Å². The molecule has 3 aromatic carbocycles. The molecule has 4 rings (SSSR count). The van der Waals surface area contributed by atoms with Gasteiger partial charge < -0.3 is 19.5 Å². The van der Waals surface area contributed by atoms with Gasteiger partial charge in [-0.25, -0.2) is 18.4 Å². The number of methoxy groups -OCH3 is 1. The Balaban J connectivity index is 1.45. The summed E-state index contributed by atoms with van der Waals surface area (Å²) < 4.78 is 44.0. The SMILES string of the molecule is COc1c(F)cc(CCC(NC(=O)OCC2c3ccccc3-c3ccccc32)C(=O)OC(C)(C)C)cc1F. The molecule has 0 aromatic heterocycles. The first-order chi connectivity index (χ1) is 18.1. The third-order valence-electron chi connectivity index (χ3n) is 6.31. The number of esters is 1. The van der Waals surface area contributed by atoms with Crippen LogP contribution in [0.4, 0.5) is 13.6 Å². The highest BCUT2D eigenvalue weighted by Gasteiger charge is 2.31. The predicted molar refractivity (Wildman–Crippen MR) is 139 cm³/mol. The number of ether oxygens (including phenoxy) is 3. The summed E-state index contributed by atoms with van der Waals surface area (Å²) in [7, 11) is 1.18. The van der Waals surface area contributed by atoms with Crippen LogP contribution in [0.1, 0.15) is 49.8 Å². The van der Waals surface area contributed by atoms with Crippen molar-refractivity contribution >= 4 is 12.1 Å². The summed E-state index contributed by atoms with van der Waals surface area (Å²) in [4.78, 5) is 25.7. The number of carbonyl (C=O) groups excluding carboxylic acids is 2. The minimum atomic E-state index is -1.09. The van der Waals surface area contributed by atoms with Crippen molar-refractivity contribution < 1.29 is 32.6 Å². The molecule has 0 spiro atoms. The molecule has 6 nitrogen and oxygen atoms in total. The molecule has 0 saturated heterocycles. The lowest BCUT2D eigenvalue weighted by Gasteiger charge is -2.25. The van der Waals surface area contributed by atoms with Crippen molar-refractivity contribution in [3.8, 4) is 16.9 Å². The minimum Gasteiger partial charge on any atom is -0.491 e. The van der Waals surface area contributed by atoms with Crippen LogP contribution >= 0.6 is 0 Å². The number of alkyl carbamates (subject to hydrolysis) is 1. The average molecular weight is 524 g/mol. The van der Waals surface area contributed by atoms with Crippen molar-refractivity contribution in [1.29, 1.82) is 0 Å². The van der Waals surface area contributed by atoms with Crippen LogP contribution in [0.3, 0.4) is 0 Å². The van der Waals surface area contributed by atoms with Crippen molar-refractivity contribution in [2.24, 2.45) is 0 Å². The fourth-order valence-electron chi connectivity index (χ4n) is 4.67. The van der Waals surface area contributed by atoms with Crippen LogP contribution in [0.2, 0.25) is 0 Å². The van der Waals surface area contributed by atoms with Gasteiger partial charge in [0.1, 0.15) is 18.2 Å². The Morgan fingerprint density at radius 1 is 0.947 bits per heavy atom. The van der Waals surface area contributed by atoms with Crippen molar-refractivity contribution in [2.45, 2.75) is 51.2 Å². The summed E-state index contributed by atoms with van der Waals surface area (Å²) in [5.74, 6) is -2.98. The number of halogens is 2. The third-order valence-corrected chi connectivity index (χ3v) is 6.31. The normalized spacial score (nSPS) is 13.3. The molecule has 1 unspecified atom stereocenters. The van der Waals surface area contributed by atoms with E-state index in [-0.39, 0.29) is 25.4 Å². The molecular formula is C30H31F2NO5. The van der Waals surface area contributed by atoms with Gasteiger partial charge in [-0.2, -0.15) is 0 Å². The van der Waals surface area contributed by atoms with E-state index in [1.165, 1.54) is 7.11 Å². The molecule has 0 radical (unpaired) electrons. The van der Waals surface area contributed by atoms with Gasteiger partial charge in [-0.1, -0.05) is 48.5 Å². The lowest BCUT2D eigenvalue weighted by atomic mass is 9.98. The zero-order chi connectivity index (χ0) is 27.4. The second-order valence-corrected chi connectivity index (χ2v) is 10.2. The molecule has 0 saturated carbocycles. The van der Waals surface area contributed by atoms with E-state index in [4.69, 9.17) is 14.2 Å². The van der Waals surface area contributed by atoms with Crippen molar-refractivity contribution in [3.05, 3.63) is 89.0 Å². The van der Waals surface area contributed by atoms with Crippen LogP contribution in [0.25, 0.3) is 11.1 Å². The maximum atomic E-state index is 14.1. The molecule has 0 heterocycles. The van der Waals surface area contributed by atoms with Gasteiger partial charge in [-0.15, -0.1) is 0 Å². The predicted octanol–water partition coefficient (Wildman–Crippen LogP) is 6.16. The number of nitrogens with one attached hydrogen (secondary N) is 1. The summed E-state index contributed by atoms with van der Waals surface area (Å²) in [5.41, 5.74) is 3.84. The largest absolute Gasteiger partial charge is 0.491 e. The highest BCUT2D eigenvalue weighted by atomic mass is 19.1. The summed E-state index contributed by atoms with van der Waals surface area (Å²) in [5, 5.41) is 2.59. The third kappa shape index (κ3) is 6.13. The summed E-state index contributed by atoms with van der Waals surface area (Å²) >= 11 is 0. The van der Waals surface area contributed by atoms with Crippen LogP contribution in [0.5, 0.6) is 5.75 Å². The van der Waals surface area contributed by atoms with E-state index in [9.17, 15) is 18.4 Å². The van der Waals surface area contributed by atoms with Crippen LogP contribution in [-0.4, -0.2) is 37.4 Å². The molecular weight excluding hydrogens is 492 g/mol. The number of hydrogen-bond donors (Lipinski definition) is 1. The Morgan fingerprint density at radius 2 is 1.50 bits per heavy atom. The molecule has 1 aliphatic rings. The van der Waals surface area contributed by atoms with E-state index < -0.39 is 41.1 Å². The van der Waals surface area contributed by atoms with Crippen molar-refractivity contribution in [2.75, 3.05) is 13.7 Å². The van der Waals surface area contributed by atoms with Crippen LogP contribution in [0.15, 0.2) is 60.7 Å². The van der Waals surface area contributed by atoms with E-state index in [1.54, 1.807) is 20.8 Å². The number of fused-ring (bicyclic) bond motifs is 3. The van der Waals surface area contributed by atoms with Crippen LogP contribution in [0, 0.1) is 11.6 Å². The molecule has 0 aliphatic heterocycles. The average Bonchev–Trinajstić information content (AvgIpc) is 3.18. The number of aryl methyl sites for hydroxylation is 1. The highest BCUT2D eigenvalue weighted by Crippen LogP contribution is 2.44. The quantitative estimate of drug-likeness (QED) is 0.358. The Labute approximate surface area is 220 Å². The Bertz CT molecular complexity index is 1270. The molecule has 0 fully saturated rings. The van der Waals surface area contributed by atoms with E-state index in [0.29, 0.717) is 5.56 Å². The molecule has 1 aliphatic carbocycles. The summed E-state index contributed by atoms with van der Waals surface area (Å²) in [6, 6.07) is 17.1. The molecule has 38 heavy (non-hydrogen) atoms. The van der Waals surface area contributed by atoms with Gasteiger partial charge in [-0.05, 0) is 73.6 Å². The highest BCUT2D eigenvalue weighted by molar-refractivity contribution is 5.82. The van der Waals surface area contributed by atoms with E-state index in [1.807, 2.05) is 48.5 Å². The Hall–Kier alpha value is -3.94. The second kappa shape index (κ2) is 11.2. The Morgan fingerprint density at radius 3 is 2.03 bits per heavy atom. The lowest BCUT2D eigenvalue weighted by molar-refractivity contribution is -0.157. The molecule has 0 bridgehead atoms. The zero-order valence-corrected chi connectivity index (χ0v) is 21.8. The summed E-state index contributed by atoms with van der Waals surface area (Å²) in [6.45, 7) is 5.21. The van der Waals surface area contributed by atoms with Gasteiger partial charge in [0.05, 0.1) is 7.11 Å². The first-order valence-corrected chi connectivity index (χ1v) is 12.4. The van der Waals surface area contributed by atoms with Crippen molar-refractivity contribution in [1.82, 2.24) is 5.32 Å². The molecule has 1 amide bonds. The summed E-state index contributed by atoms with van der Waals surface area (Å²) in [6.07, 6.45) is -0.634. The van der Waals surface area contributed by atoms with Crippen LogP contribution in [-0.2, 0) is 20.7 Å². The van der Waals surface area contributed by atoms with Gasteiger partial charge in [0.25, 0.3) is 0 Å². The fraction of sp³-hybridized carbons (Fsp3) is 0.333. The molecule has 1 atom stereocenters. The maximum absolute atomic E-state index is 14.1. The van der Waals surface area contributed by atoms with Gasteiger partial charge in [-0.3, -0.25) is 0 Å². The molecule has 8 heteroatoms. The zero-order valence-electron chi connectivity index (χ0n) is 21.8. The molecule has 200 valence electrons. The monoisotopic (exact) mass is 523 g/mol. The second-order valence-electron chi connectivity index (χ2n) is 10.2. The van der Waals surface area contributed by atoms with E-state index in [2.05, 4.69) is 5.32 Å². The number of amides is 1. The number of carbonyl (C=O) groups is 2. The van der Waals surface area contributed by atoms with Gasteiger partial charge in [0.15, 0.2) is 17.4 Å². The van der Waals surface area contributed by atoms with Gasteiger partial charge in [0.2, 0.25) is 0 Å². The fourth-order valence-corrected chi connectivity index (χ4v) is 4.67. The lowest BCUT2D eigenvalue weighted by Crippen LogP contribution is -2.45.